The molecule has 0 atom stereocenters. The monoisotopic (exact) mass is 178 g/mol. The van der Waals surface area contributed by atoms with E-state index in [-0.39, 0.29) is 17.1 Å². The van der Waals surface area contributed by atoms with Crippen LogP contribution in [0.3, 0.4) is 0 Å². The predicted molar refractivity (Wildman–Crippen MR) is 43.8 cm³/mol. The van der Waals surface area contributed by atoms with Crippen molar-refractivity contribution in [3.05, 3.63) is 30.2 Å². The molecule has 0 aliphatic carbocycles. The first-order chi connectivity index (χ1) is 6.18. The van der Waals surface area contributed by atoms with Gasteiger partial charge in [0, 0.05) is 12.4 Å². The zero-order chi connectivity index (χ0) is 9.42. The number of aromatic hydroxyl groups is 1. The SMILES string of the molecule is O=C(O)c1cn2cccc(O)c2n1. The maximum atomic E-state index is 10.5. The number of hydrogen-bond acceptors (Lipinski definition) is 3. The average Bonchev–Trinajstić information content (AvgIpc) is 2.49. The number of imidazole rings is 1. The van der Waals surface area contributed by atoms with Crippen molar-refractivity contribution in [3.63, 3.8) is 0 Å². The smallest absolute Gasteiger partial charge is 0.356 e. The topological polar surface area (TPSA) is 74.8 Å². The Morgan fingerprint density at radius 2 is 2.31 bits per heavy atom. The summed E-state index contributed by atoms with van der Waals surface area (Å²) < 4.78 is 1.46. The minimum atomic E-state index is -1.11. The Kier molecular flexibility index (Phi) is 1.45. The third-order valence-electron chi connectivity index (χ3n) is 1.68. The maximum Gasteiger partial charge on any atom is 0.356 e. The molecule has 0 aliphatic rings. The van der Waals surface area contributed by atoms with Gasteiger partial charge in [-0.1, -0.05) is 0 Å². The van der Waals surface area contributed by atoms with Crippen molar-refractivity contribution in [2.75, 3.05) is 0 Å². The van der Waals surface area contributed by atoms with Gasteiger partial charge < -0.3 is 14.6 Å². The number of carboxylic acid groups (broad SMARTS) is 1. The van der Waals surface area contributed by atoms with Crippen LogP contribution in [0, 0.1) is 0 Å². The minimum absolute atomic E-state index is 0.0324. The van der Waals surface area contributed by atoms with Crippen LogP contribution < -0.4 is 0 Å². The predicted octanol–water partition coefficient (Wildman–Crippen LogP) is 0.738. The molecule has 2 rings (SSSR count). The zero-order valence-electron chi connectivity index (χ0n) is 6.51. The van der Waals surface area contributed by atoms with Crippen LogP contribution in [0.4, 0.5) is 0 Å². The number of pyridine rings is 1. The number of fused-ring (bicyclic) bond motifs is 1. The number of carbonyl (C=O) groups is 1. The molecule has 0 amide bonds. The molecule has 5 nitrogen and oxygen atoms in total. The summed E-state index contributed by atoms with van der Waals surface area (Å²) in [6, 6.07) is 3.06. The van der Waals surface area contributed by atoms with E-state index in [2.05, 4.69) is 4.98 Å². The van der Waals surface area contributed by atoms with E-state index in [0.717, 1.165) is 0 Å². The summed E-state index contributed by atoms with van der Waals surface area (Å²) in [6.07, 6.45) is 2.96. The van der Waals surface area contributed by atoms with Gasteiger partial charge in [0.2, 0.25) is 0 Å². The third kappa shape index (κ3) is 1.10. The highest BCUT2D eigenvalue weighted by Crippen LogP contribution is 2.16. The van der Waals surface area contributed by atoms with Crippen LogP contribution in [0.15, 0.2) is 24.5 Å². The molecule has 0 unspecified atom stereocenters. The molecule has 5 heteroatoms. The Morgan fingerprint density at radius 3 is 2.92 bits per heavy atom. The summed E-state index contributed by atoms with van der Waals surface area (Å²) in [4.78, 5) is 14.2. The first kappa shape index (κ1) is 7.60. The lowest BCUT2D eigenvalue weighted by Gasteiger charge is -1.92. The summed E-state index contributed by atoms with van der Waals surface area (Å²) in [5.41, 5.74) is 0.168. The van der Waals surface area contributed by atoms with Crippen molar-refractivity contribution < 1.29 is 15.0 Å². The molecule has 66 valence electrons. The molecule has 0 spiro atoms. The van der Waals surface area contributed by atoms with E-state index >= 15 is 0 Å². The van der Waals surface area contributed by atoms with Crippen molar-refractivity contribution in [1.29, 1.82) is 0 Å². The highest BCUT2D eigenvalue weighted by Gasteiger charge is 2.09. The van der Waals surface area contributed by atoms with Gasteiger partial charge in [0.25, 0.3) is 0 Å². The second-order valence-electron chi connectivity index (χ2n) is 2.56. The molecular weight excluding hydrogens is 172 g/mol. The quantitative estimate of drug-likeness (QED) is 0.675. The molecule has 0 aliphatic heterocycles. The number of nitrogens with zero attached hydrogens (tertiary/aromatic N) is 2. The molecule has 0 bridgehead atoms. The van der Waals surface area contributed by atoms with E-state index in [1.54, 1.807) is 12.3 Å². The molecule has 0 aromatic carbocycles. The minimum Gasteiger partial charge on any atom is -0.504 e. The van der Waals surface area contributed by atoms with E-state index in [0.29, 0.717) is 0 Å². The standard InChI is InChI=1S/C8H6N2O3/c11-6-2-1-3-10-4-5(8(12)13)9-7(6)10/h1-4,11H,(H,12,13). The maximum absolute atomic E-state index is 10.5. The van der Waals surface area contributed by atoms with E-state index in [9.17, 15) is 9.90 Å². The molecule has 0 saturated heterocycles. The largest absolute Gasteiger partial charge is 0.504 e. The van der Waals surface area contributed by atoms with E-state index in [1.165, 1.54) is 16.7 Å². The van der Waals surface area contributed by atoms with Crippen molar-refractivity contribution in [1.82, 2.24) is 9.38 Å². The normalized spacial score (nSPS) is 10.5. The van der Waals surface area contributed by atoms with Gasteiger partial charge in [-0.15, -0.1) is 0 Å². The molecule has 2 aromatic rings. The van der Waals surface area contributed by atoms with Crippen LogP contribution >= 0.6 is 0 Å². The van der Waals surface area contributed by atoms with Crippen LogP contribution in [0.2, 0.25) is 0 Å². The van der Waals surface area contributed by atoms with Gasteiger partial charge in [0.1, 0.15) is 0 Å². The van der Waals surface area contributed by atoms with Crippen LogP contribution in [-0.2, 0) is 0 Å². The van der Waals surface area contributed by atoms with Crippen LogP contribution in [0.5, 0.6) is 5.75 Å². The molecule has 2 heterocycles. The van der Waals surface area contributed by atoms with Gasteiger partial charge in [-0.3, -0.25) is 0 Å². The van der Waals surface area contributed by atoms with E-state index in [1.807, 2.05) is 0 Å². The van der Waals surface area contributed by atoms with Crippen molar-refractivity contribution in [2.45, 2.75) is 0 Å². The van der Waals surface area contributed by atoms with Gasteiger partial charge in [-0.2, -0.15) is 0 Å². The average molecular weight is 178 g/mol. The number of aromatic carboxylic acids is 1. The Labute approximate surface area is 72.9 Å². The van der Waals surface area contributed by atoms with Gasteiger partial charge in [0.05, 0.1) is 0 Å². The highest BCUT2D eigenvalue weighted by molar-refractivity contribution is 5.86. The lowest BCUT2D eigenvalue weighted by Crippen LogP contribution is -1.94. The summed E-state index contributed by atoms with van der Waals surface area (Å²) in [5, 5.41) is 17.9. The second kappa shape index (κ2) is 2.48. The fourth-order valence-corrected chi connectivity index (χ4v) is 1.10. The van der Waals surface area contributed by atoms with Gasteiger partial charge >= 0.3 is 5.97 Å². The van der Waals surface area contributed by atoms with Crippen molar-refractivity contribution in [2.24, 2.45) is 0 Å². The number of carboxylic acids is 1. The molecule has 2 N–H and O–H groups in total. The third-order valence-corrected chi connectivity index (χ3v) is 1.68. The Morgan fingerprint density at radius 1 is 1.54 bits per heavy atom. The summed E-state index contributed by atoms with van der Waals surface area (Å²) in [7, 11) is 0. The van der Waals surface area contributed by atoms with Crippen LogP contribution in [-0.4, -0.2) is 25.6 Å². The number of aromatic nitrogens is 2. The Balaban J connectivity index is 2.75. The zero-order valence-corrected chi connectivity index (χ0v) is 6.51. The highest BCUT2D eigenvalue weighted by atomic mass is 16.4. The summed E-state index contributed by atoms with van der Waals surface area (Å²) in [5.74, 6) is -1.14. The molecular formula is C8H6N2O3. The molecule has 0 fully saturated rings. The van der Waals surface area contributed by atoms with E-state index in [4.69, 9.17) is 5.11 Å². The summed E-state index contributed by atoms with van der Waals surface area (Å²) in [6.45, 7) is 0. The Hall–Kier alpha value is -2.04. The first-order valence-electron chi connectivity index (χ1n) is 3.58. The molecule has 0 radical (unpaired) electrons. The lowest BCUT2D eigenvalue weighted by molar-refractivity contribution is 0.0691. The number of rotatable bonds is 1. The fourth-order valence-electron chi connectivity index (χ4n) is 1.10. The van der Waals surface area contributed by atoms with Crippen molar-refractivity contribution >= 4 is 11.6 Å². The lowest BCUT2D eigenvalue weighted by atomic mass is 10.4. The van der Waals surface area contributed by atoms with Crippen LogP contribution in [0.1, 0.15) is 10.5 Å². The van der Waals surface area contributed by atoms with Gasteiger partial charge in [0.15, 0.2) is 17.1 Å². The fraction of sp³-hybridized carbons (Fsp3) is 0. The first-order valence-corrected chi connectivity index (χ1v) is 3.58. The van der Waals surface area contributed by atoms with Gasteiger partial charge in [-0.25, -0.2) is 9.78 Å². The number of hydrogen-bond donors (Lipinski definition) is 2. The molecule has 2 aromatic heterocycles. The second-order valence-corrected chi connectivity index (χ2v) is 2.56. The van der Waals surface area contributed by atoms with Crippen LogP contribution in [0.25, 0.3) is 5.65 Å². The van der Waals surface area contributed by atoms with Crippen molar-refractivity contribution in [3.8, 4) is 5.75 Å². The molecule has 0 saturated carbocycles. The molecule has 13 heavy (non-hydrogen) atoms. The Bertz CT molecular complexity index is 475. The van der Waals surface area contributed by atoms with E-state index < -0.39 is 5.97 Å². The summed E-state index contributed by atoms with van der Waals surface area (Å²) >= 11 is 0. The van der Waals surface area contributed by atoms with Gasteiger partial charge in [-0.05, 0) is 12.1 Å².